The Balaban J connectivity index is 1.58. The standard InChI is InChI=1S/C21H24ClN3O6/c1-11-13-8-15(22)17(30-2)10-16(13)31-21(29)14(11)9-18(26)23-6-7-25-20(28)12-4-3-5-24-19(12)27/h8,10,12H,3-7,9H2,1-2H3,(H,23,26)(H,24,27)(H,25,28). The van der Waals surface area contributed by atoms with Gasteiger partial charge in [0.05, 0.1) is 24.1 Å². The maximum absolute atomic E-state index is 12.4. The van der Waals surface area contributed by atoms with Crippen LogP contribution < -0.4 is 26.3 Å². The molecule has 2 heterocycles. The van der Waals surface area contributed by atoms with Crippen LogP contribution in [0.3, 0.4) is 0 Å². The van der Waals surface area contributed by atoms with Gasteiger partial charge in [0.25, 0.3) is 0 Å². The van der Waals surface area contributed by atoms with Crippen LogP contribution in [0.15, 0.2) is 21.3 Å². The van der Waals surface area contributed by atoms with Gasteiger partial charge in [-0.15, -0.1) is 0 Å². The molecule has 0 aliphatic carbocycles. The van der Waals surface area contributed by atoms with E-state index in [1.165, 1.54) is 13.2 Å². The van der Waals surface area contributed by atoms with Crippen molar-refractivity contribution in [2.75, 3.05) is 26.7 Å². The lowest BCUT2D eigenvalue weighted by atomic mass is 9.98. The summed E-state index contributed by atoms with van der Waals surface area (Å²) in [5.74, 6) is -1.33. The number of hydrogen-bond donors (Lipinski definition) is 3. The average molecular weight is 450 g/mol. The zero-order valence-corrected chi connectivity index (χ0v) is 18.1. The van der Waals surface area contributed by atoms with Gasteiger partial charge >= 0.3 is 5.63 Å². The second kappa shape index (κ2) is 9.82. The number of carbonyl (C=O) groups is 3. The van der Waals surface area contributed by atoms with Crippen molar-refractivity contribution in [3.63, 3.8) is 0 Å². The molecular formula is C21H24ClN3O6. The highest BCUT2D eigenvalue weighted by atomic mass is 35.5. The van der Waals surface area contributed by atoms with E-state index in [9.17, 15) is 19.2 Å². The molecule has 10 heteroatoms. The van der Waals surface area contributed by atoms with Crippen LogP contribution in [-0.4, -0.2) is 44.5 Å². The van der Waals surface area contributed by atoms with E-state index in [0.29, 0.717) is 40.3 Å². The molecule has 3 amide bonds. The van der Waals surface area contributed by atoms with E-state index < -0.39 is 11.5 Å². The third-order valence-corrected chi connectivity index (χ3v) is 5.54. The summed E-state index contributed by atoms with van der Waals surface area (Å²) in [6.45, 7) is 2.65. The molecule has 0 saturated carbocycles. The molecule has 9 nitrogen and oxygen atoms in total. The number of carbonyl (C=O) groups excluding carboxylic acids is 3. The molecule has 1 aliphatic rings. The summed E-state index contributed by atoms with van der Waals surface area (Å²) >= 11 is 6.16. The predicted molar refractivity (Wildman–Crippen MR) is 114 cm³/mol. The molecule has 1 aliphatic heterocycles. The fourth-order valence-corrected chi connectivity index (χ4v) is 3.75. The van der Waals surface area contributed by atoms with Crippen LogP contribution in [0.4, 0.5) is 0 Å². The van der Waals surface area contributed by atoms with Crippen molar-refractivity contribution in [3.8, 4) is 5.75 Å². The minimum absolute atomic E-state index is 0.167. The van der Waals surface area contributed by atoms with Gasteiger partial charge in [0.2, 0.25) is 17.7 Å². The molecule has 1 unspecified atom stereocenters. The van der Waals surface area contributed by atoms with Crippen LogP contribution >= 0.6 is 11.6 Å². The van der Waals surface area contributed by atoms with E-state index in [4.69, 9.17) is 20.8 Å². The van der Waals surface area contributed by atoms with Crippen molar-refractivity contribution >= 4 is 40.3 Å². The number of halogens is 1. The Morgan fingerprint density at radius 1 is 1.26 bits per heavy atom. The van der Waals surface area contributed by atoms with Gasteiger partial charge in [0.1, 0.15) is 17.3 Å². The zero-order chi connectivity index (χ0) is 22.5. The van der Waals surface area contributed by atoms with E-state index >= 15 is 0 Å². The zero-order valence-electron chi connectivity index (χ0n) is 17.3. The van der Waals surface area contributed by atoms with Crippen molar-refractivity contribution in [1.29, 1.82) is 0 Å². The van der Waals surface area contributed by atoms with E-state index in [-0.39, 0.29) is 42.8 Å². The number of fused-ring (bicyclic) bond motifs is 1. The summed E-state index contributed by atoms with van der Waals surface area (Å²) < 4.78 is 10.5. The number of ether oxygens (including phenoxy) is 1. The molecule has 0 bridgehead atoms. The Hall–Kier alpha value is -3.07. The van der Waals surface area contributed by atoms with Crippen molar-refractivity contribution in [2.24, 2.45) is 5.92 Å². The summed E-state index contributed by atoms with van der Waals surface area (Å²) in [4.78, 5) is 48.5. The third-order valence-electron chi connectivity index (χ3n) is 5.25. The summed E-state index contributed by atoms with van der Waals surface area (Å²) in [6.07, 6.45) is 1.09. The first-order valence-corrected chi connectivity index (χ1v) is 10.3. The van der Waals surface area contributed by atoms with Gasteiger partial charge < -0.3 is 25.1 Å². The Morgan fingerprint density at radius 2 is 2.00 bits per heavy atom. The molecular weight excluding hydrogens is 426 g/mol. The predicted octanol–water partition coefficient (Wildman–Crippen LogP) is 1.06. The number of hydrogen-bond acceptors (Lipinski definition) is 6. The number of rotatable bonds is 7. The molecule has 1 atom stereocenters. The van der Waals surface area contributed by atoms with Crippen molar-refractivity contribution in [1.82, 2.24) is 16.0 Å². The number of nitrogens with one attached hydrogen (secondary N) is 3. The third kappa shape index (κ3) is 5.16. The summed E-state index contributed by atoms with van der Waals surface area (Å²) in [5, 5.41) is 8.94. The largest absolute Gasteiger partial charge is 0.495 e. The number of piperidine rings is 1. The van der Waals surface area contributed by atoms with Gasteiger partial charge in [-0.1, -0.05) is 11.6 Å². The molecule has 0 spiro atoms. The fraction of sp³-hybridized carbons (Fsp3) is 0.429. The molecule has 166 valence electrons. The number of aryl methyl sites for hydroxylation is 1. The minimum atomic E-state index is -0.695. The first-order valence-electron chi connectivity index (χ1n) is 9.93. The smallest absolute Gasteiger partial charge is 0.340 e. The van der Waals surface area contributed by atoms with Gasteiger partial charge in [-0.3, -0.25) is 14.4 Å². The molecule has 1 fully saturated rings. The first-order chi connectivity index (χ1) is 14.8. The maximum Gasteiger partial charge on any atom is 0.340 e. The number of methoxy groups -OCH3 is 1. The van der Waals surface area contributed by atoms with E-state index in [1.54, 1.807) is 13.0 Å². The van der Waals surface area contributed by atoms with Crippen LogP contribution in [0, 0.1) is 12.8 Å². The number of benzene rings is 1. The van der Waals surface area contributed by atoms with Crippen LogP contribution in [0.1, 0.15) is 24.0 Å². The molecule has 0 radical (unpaired) electrons. The van der Waals surface area contributed by atoms with Gasteiger partial charge in [-0.05, 0) is 31.4 Å². The van der Waals surface area contributed by atoms with Crippen molar-refractivity contribution in [2.45, 2.75) is 26.2 Å². The van der Waals surface area contributed by atoms with E-state index in [2.05, 4.69) is 16.0 Å². The first kappa shape index (κ1) is 22.6. The van der Waals surface area contributed by atoms with Crippen molar-refractivity contribution < 1.29 is 23.5 Å². The normalized spacial score (nSPS) is 16.0. The van der Waals surface area contributed by atoms with Crippen LogP contribution in [-0.2, 0) is 20.8 Å². The van der Waals surface area contributed by atoms with Gasteiger partial charge in [0, 0.05) is 31.1 Å². The lowest BCUT2D eigenvalue weighted by molar-refractivity contribution is -0.137. The van der Waals surface area contributed by atoms with Crippen LogP contribution in [0.5, 0.6) is 5.75 Å². The maximum atomic E-state index is 12.4. The molecule has 2 aromatic rings. The van der Waals surface area contributed by atoms with Crippen LogP contribution in [0.25, 0.3) is 11.0 Å². The van der Waals surface area contributed by atoms with Crippen LogP contribution in [0.2, 0.25) is 5.02 Å². The second-order valence-electron chi connectivity index (χ2n) is 7.28. The summed E-state index contributed by atoms with van der Waals surface area (Å²) in [7, 11) is 1.46. The Labute approximate surface area is 183 Å². The quantitative estimate of drug-likeness (QED) is 0.329. The highest BCUT2D eigenvalue weighted by Crippen LogP contribution is 2.31. The molecule has 1 aromatic heterocycles. The SMILES string of the molecule is COc1cc2oc(=O)c(CC(=O)NCCNC(=O)C3CCCNC3=O)c(C)c2cc1Cl. The molecule has 3 N–H and O–H groups in total. The number of amides is 3. The Morgan fingerprint density at radius 3 is 2.71 bits per heavy atom. The van der Waals surface area contributed by atoms with Crippen molar-refractivity contribution in [3.05, 3.63) is 38.7 Å². The molecule has 1 aromatic carbocycles. The highest BCUT2D eigenvalue weighted by Gasteiger charge is 2.28. The lowest BCUT2D eigenvalue weighted by Crippen LogP contribution is -2.46. The lowest BCUT2D eigenvalue weighted by Gasteiger charge is -2.21. The topological polar surface area (TPSA) is 127 Å². The second-order valence-corrected chi connectivity index (χ2v) is 7.69. The Bertz CT molecular complexity index is 1080. The summed E-state index contributed by atoms with van der Waals surface area (Å²) in [5.41, 5.74) is 0.542. The molecule has 3 rings (SSSR count). The van der Waals surface area contributed by atoms with E-state index in [1.807, 2.05) is 0 Å². The molecule has 1 saturated heterocycles. The van der Waals surface area contributed by atoms with Gasteiger partial charge in [-0.25, -0.2) is 4.79 Å². The minimum Gasteiger partial charge on any atom is -0.495 e. The average Bonchev–Trinajstić information content (AvgIpc) is 2.74. The fourth-order valence-electron chi connectivity index (χ4n) is 3.51. The molecule has 31 heavy (non-hydrogen) atoms. The van der Waals surface area contributed by atoms with Gasteiger partial charge in [0.15, 0.2) is 0 Å². The Kier molecular flexibility index (Phi) is 7.17. The van der Waals surface area contributed by atoms with Gasteiger partial charge in [-0.2, -0.15) is 0 Å². The summed E-state index contributed by atoms with van der Waals surface area (Å²) in [6, 6.07) is 3.16. The highest BCUT2D eigenvalue weighted by molar-refractivity contribution is 6.32. The monoisotopic (exact) mass is 449 g/mol. The van der Waals surface area contributed by atoms with E-state index in [0.717, 1.165) is 6.42 Å².